The van der Waals surface area contributed by atoms with Crippen molar-refractivity contribution in [3.63, 3.8) is 0 Å². The van der Waals surface area contributed by atoms with E-state index in [1.165, 1.54) is 57.4 Å². The van der Waals surface area contributed by atoms with E-state index in [0.717, 1.165) is 18.1 Å². The average molecular weight is 334 g/mol. The van der Waals surface area contributed by atoms with E-state index < -0.39 is 17.7 Å². The summed E-state index contributed by atoms with van der Waals surface area (Å²) in [6.45, 7) is 2.24. The lowest BCUT2D eigenvalue weighted by atomic mass is 9.78. The van der Waals surface area contributed by atoms with Crippen LogP contribution in [0.5, 0.6) is 0 Å². The number of hydrogen-bond donors (Lipinski definition) is 1. The standard InChI is InChI=1S/C21H28F2O/c1-2-3-4-5-16-6-8-17(9-7-16)14-19(24)12-10-18-11-13-20(22)21(23)15-18/h11,13,15-17,19,24H,2-9,14H2,1H3. The summed E-state index contributed by atoms with van der Waals surface area (Å²) in [7, 11) is 0. The minimum atomic E-state index is -0.905. The van der Waals surface area contributed by atoms with Gasteiger partial charge in [-0.3, -0.25) is 0 Å². The number of benzene rings is 1. The van der Waals surface area contributed by atoms with E-state index in [-0.39, 0.29) is 0 Å². The minimum absolute atomic E-state index is 0.396. The predicted octanol–water partition coefficient (Wildman–Crippen LogP) is 5.45. The molecule has 0 saturated heterocycles. The molecule has 1 unspecified atom stereocenters. The Kier molecular flexibility index (Phi) is 7.72. The molecule has 0 aromatic heterocycles. The highest BCUT2D eigenvalue weighted by molar-refractivity contribution is 5.35. The molecule has 1 saturated carbocycles. The Labute approximate surface area is 144 Å². The molecule has 0 bridgehead atoms. The maximum Gasteiger partial charge on any atom is 0.160 e. The van der Waals surface area contributed by atoms with E-state index in [2.05, 4.69) is 18.8 Å². The molecule has 1 fully saturated rings. The Morgan fingerprint density at radius 2 is 1.79 bits per heavy atom. The molecule has 0 radical (unpaired) electrons. The molecule has 1 aromatic carbocycles. The van der Waals surface area contributed by atoms with Crippen LogP contribution in [0.2, 0.25) is 0 Å². The molecule has 1 aliphatic rings. The summed E-state index contributed by atoms with van der Waals surface area (Å²) in [5.74, 6) is 5.11. The molecule has 132 valence electrons. The van der Waals surface area contributed by atoms with Crippen LogP contribution >= 0.6 is 0 Å². The van der Waals surface area contributed by atoms with Crippen LogP contribution in [0.4, 0.5) is 8.78 Å². The zero-order valence-corrected chi connectivity index (χ0v) is 14.5. The summed E-state index contributed by atoms with van der Waals surface area (Å²) in [6.07, 6.45) is 10.1. The smallest absolute Gasteiger partial charge is 0.160 e. The van der Waals surface area contributed by atoms with E-state index in [0.29, 0.717) is 17.9 Å². The molecule has 0 amide bonds. The van der Waals surface area contributed by atoms with Crippen LogP contribution in [-0.4, -0.2) is 11.2 Å². The first-order valence-electron chi connectivity index (χ1n) is 9.23. The molecule has 0 aliphatic heterocycles. The first-order valence-corrected chi connectivity index (χ1v) is 9.23. The van der Waals surface area contributed by atoms with Crippen LogP contribution in [0.25, 0.3) is 0 Å². The molecule has 1 nitrogen and oxygen atoms in total. The van der Waals surface area contributed by atoms with Crippen molar-refractivity contribution in [2.24, 2.45) is 11.8 Å². The fraction of sp³-hybridized carbons (Fsp3) is 0.619. The number of aliphatic hydroxyl groups excluding tert-OH is 1. The number of hydrogen-bond acceptors (Lipinski definition) is 1. The van der Waals surface area contributed by atoms with Crippen molar-refractivity contribution in [1.29, 1.82) is 0 Å². The molecular formula is C21H28F2O. The summed E-state index contributed by atoms with van der Waals surface area (Å²) in [6, 6.07) is 3.56. The Morgan fingerprint density at radius 3 is 2.46 bits per heavy atom. The SMILES string of the molecule is CCCCCC1CCC(CC(O)C#Cc2ccc(F)c(F)c2)CC1. The van der Waals surface area contributed by atoms with Crippen LogP contribution in [0.3, 0.4) is 0 Å². The van der Waals surface area contributed by atoms with Crippen LogP contribution in [0.1, 0.15) is 70.3 Å². The molecule has 2 rings (SSSR count). The summed E-state index contributed by atoms with van der Waals surface area (Å²) in [5, 5.41) is 10.1. The molecule has 1 N–H and O–H groups in total. The van der Waals surface area contributed by atoms with Gasteiger partial charge in [0.05, 0.1) is 0 Å². The maximum absolute atomic E-state index is 13.1. The van der Waals surface area contributed by atoms with Gasteiger partial charge in [-0.2, -0.15) is 0 Å². The topological polar surface area (TPSA) is 20.2 Å². The van der Waals surface area contributed by atoms with Crippen molar-refractivity contribution >= 4 is 0 Å². The van der Waals surface area contributed by atoms with Gasteiger partial charge in [0.1, 0.15) is 6.10 Å². The first kappa shape index (κ1) is 18.9. The van der Waals surface area contributed by atoms with Gasteiger partial charge in [-0.05, 0) is 36.5 Å². The van der Waals surface area contributed by atoms with Gasteiger partial charge in [0.15, 0.2) is 11.6 Å². The summed E-state index contributed by atoms with van der Waals surface area (Å²) < 4.78 is 26.0. The minimum Gasteiger partial charge on any atom is -0.380 e. The zero-order chi connectivity index (χ0) is 17.4. The van der Waals surface area contributed by atoms with Crippen molar-refractivity contribution in [2.45, 2.75) is 70.8 Å². The van der Waals surface area contributed by atoms with Crippen molar-refractivity contribution in [2.75, 3.05) is 0 Å². The number of halogens is 2. The Bertz CT molecular complexity index is 565. The lowest BCUT2D eigenvalue weighted by Gasteiger charge is -2.29. The van der Waals surface area contributed by atoms with Crippen molar-refractivity contribution in [3.8, 4) is 11.8 Å². The lowest BCUT2D eigenvalue weighted by molar-refractivity contribution is 0.161. The van der Waals surface area contributed by atoms with Gasteiger partial charge >= 0.3 is 0 Å². The normalized spacial score (nSPS) is 21.8. The largest absolute Gasteiger partial charge is 0.380 e. The summed E-state index contributed by atoms with van der Waals surface area (Å²) in [4.78, 5) is 0. The van der Waals surface area contributed by atoms with Gasteiger partial charge in [0.2, 0.25) is 0 Å². The van der Waals surface area contributed by atoms with Gasteiger partial charge in [-0.15, -0.1) is 0 Å². The fourth-order valence-electron chi connectivity index (χ4n) is 3.55. The third-order valence-corrected chi connectivity index (χ3v) is 5.04. The van der Waals surface area contributed by atoms with Crippen molar-refractivity contribution < 1.29 is 13.9 Å². The van der Waals surface area contributed by atoms with Crippen molar-refractivity contribution in [1.82, 2.24) is 0 Å². The fourth-order valence-corrected chi connectivity index (χ4v) is 3.55. The average Bonchev–Trinajstić information content (AvgIpc) is 2.58. The van der Waals surface area contributed by atoms with E-state index in [1.54, 1.807) is 0 Å². The van der Waals surface area contributed by atoms with E-state index in [1.807, 2.05) is 0 Å². The molecule has 1 atom stereocenters. The number of rotatable bonds is 6. The Hall–Kier alpha value is -1.40. The van der Waals surface area contributed by atoms with Crippen LogP contribution in [0, 0.1) is 35.3 Å². The van der Waals surface area contributed by atoms with Crippen LogP contribution in [-0.2, 0) is 0 Å². The second-order valence-electron chi connectivity index (χ2n) is 7.03. The zero-order valence-electron chi connectivity index (χ0n) is 14.5. The van der Waals surface area contributed by atoms with E-state index in [9.17, 15) is 13.9 Å². The highest BCUT2D eigenvalue weighted by atomic mass is 19.2. The highest BCUT2D eigenvalue weighted by Gasteiger charge is 2.22. The summed E-state index contributed by atoms with van der Waals surface area (Å²) in [5.41, 5.74) is 0.396. The molecule has 24 heavy (non-hydrogen) atoms. The van der Waals surface area contributed by atoms with Gasteiger partial charge in [-0.1, -0.05) is 70.1 Å². The Morgan fingerprint density at radius 1 is 1.08 bits per heavy atom. The van der Waals surface area contributed by atoms with Gasteiger partial charge in [0, 0.05) is 5.56 Å². The molecule has 1 aromatic rings. The van der Waals surface area contributed by atoms with Gasteiger partial charge in [0.25, 0.3) is 0 Å². The second kappa shape index (κ2) is 9.79. The monoisotopic (exact) mass is 334 g/mol. The Balaban J connectivity index is 1.74. The van der Waals surface area contributed by atoms with Gasteiger partial charge in [-0.25, -0.2) is 8.78 Å². The van der Waals surface area contributed by atoms with Crippen LogP contribution in [0.15, 0.2) is 18.2 Å². The maximum atomic E-state index is 13.1. The first-order chi connectivity index (χ1) is 11.6. The number of aliphatic hydroxyl groups is 1. The highest BCUT2D eigenvalue weighted by Crippen LogP contribution is 2.34. The lowest BCUT2D eigenvalue weighted by Crippen LogP contribution is -2.19. The second-order valence-corrected chi connectivity index (χ2v) is 7.03. The third kappa shape index (κ3) is 6.24. The van der Waals surface area contributed by atoms with E-state index in [4.69, 9.17) is 0 Å². The third-order valence-electron chi connectivity index (χ3n) is 5.04. The van der Waals surface area contributed by atoms with Gasteiger partial charge < -0.3 is 5.11 Å². The van der Waals surface area contributed by atoms with E-state index >= 15 is 0 Å². The predicted molar refractivity (Wildman–Crippen MR) is 93.4 cm³/mol. The quantitative estimate of drug-likeness (QED) is 0.541. The molecule has 1 aliphatic carbocycles. The number of unbranched alkanes of at least 4 members (excludes halogenated alkanes) is 2. The molecule has 0 heterocycles. The molecular weight excluding hydrogens is 306 g/mol. The molecule has 0 spiro atoms. The van der Waals surface area contributed by atoms with Crippen LogP contribution < -0.4 is 0 Å². The molecule has 3 heteroatoms. The van der Waals surface area contributed by atoms with Crippen molar-refractivity contribution in [3.05, 3.63) is 35.4 Å². The summed E-state index contributed by atoms with van der Waals surface area (Å²) >= 11 is 0.